The predicted molar refractivity (Wildman–Crippen MR) is 125 cm³/mol. The monoisotopic (exact) mass is 413 g/mol. The van der Waals surface area contributed by atoms with Crippen LogP contribution < -0.4 is 10.1 Å². The van der Waals surface area contributed by atoms with Crippen LogP contribution in [-0.2, 0) is 4.79 Å². The Morgan fingerprint density at radius 2 is 1.74 bits per heavy atom. The maximum absolute atomic E-state index is 12.8. The van der Waals surface area contributed by atoms with Crippen LogP contribution in [0.3, 0.4) is 0 Å². The third kappa shape index (κ3) is 4.39. The number of anilines is 1. The van der Waals surface area contributed by atoms with Crippen LogP contribution in [0.1, 0.15) is 33.6 Å². The molecular weight excluding hydrogens is 386 g/mol. The molecule has 0 aliphatic carbocycles. The molecule has 1 heterocycles. The summed E-state index contributed by atoms with van der Waals surface area (Å²) >= 11 is 0. The molecule has 31 heavy (non-hydrogen) atoms. The number of nitrogens with zero attached hydrogens (tertiary/aromatic N) is 2. The van der Waals surface area contributed by atoms with Crippen LogP contribution in [0.4, 0.5) is 5.69 Å². The molecule has 1 aromatic heterocycles. The molecular formula is C26H27N3O2. The van der Waals surface area contributed by atoms with Crippen LogP contribution in [0.5, 0.6) is 5.75 Å². The maximum atomic E-state index is 12.8. The van der Waals surface area contributed by atoms with Gasteiger partial charge in [-0.2, -0.15) is 5.26 Å². The fraction of sp³-hybridized carbons (Fsp3) is 0.231. The molecule has 0 aliphatic rings. The van der Waals surface area contributed by atoms with E-state index in [2.05, 4.69) is 35.9 Å². The number of hydrogen-bond donors (Lipinski definition) is 1. The molecule has 2 aromatic carbocycles. The molecule has 5 heteroatoms. The van der Waals surface area contributed by atoms with Crippen molar-refractivity contribution in [2.24, 2.45) is 0 Å². The first kappa shape index (κ1) is 21.9. The zero-order valence-corrected chi connectivity index (χ0v) is 18.8. The molecule has 0 fully saturated rings. The van der Waals surface area contributed by atoms with Crippen LogP contribution in [0.25, 0.3) is 11.8 Å². The minimum atomic E-state index is -0.469. The van der Waals surface area contributed by atoms with Gasteiger partial charge in [0.25, 0.3) is 5.91 Å². The lowest BCUT2D eigenvalue weighted by Crippen LogP contribution is -2.14. The van der Waals surface area contributed by atoms with Crippen molar-refractivity contribution in [1.82, 2.24) is 4.57 Å². The average Bonchev–Trinajstić information content (AvgIpc) is 2.99. The van der Waals surface area contributed by atoms with Gasteiger partial charge in [0.05, 0.1) is 18.5 Å². The molecule has 0 spiro atoms. The molecule has 3 rings (SSSR count). The Morgan fingerprint density at radius 1 is 1.06 bits per heavy atom. The predicted octanol–water partition coefficient (Wildman–Crippen LogP) is 5.57. The van der Waals surface area contributed by atoms with Crippen LogP contribution in [0.15, 0.2) is 48.0 Å². The van der Waals surface area contributed by atoms with Crippen molar-refractivity contribution >= 4 is 17.7 Å². The molecule has 0 atom stereocenters. The van der Waals surface area contributed by atoms with E-state index in [1.807, 2.05) is 51.1 Å². The Hall–Kier alpha value is -3.78. The summed E-state index contributed by atoms with van der Waals surface area (Å²) in [5.74, 6) is 0.0766. The first-order valence-corrected chi connectivity index (χ1v) is 10.1. The summed E-state index contributed by atoms with van der Waals surface area (Å²) in [4.78, 5) is 12.8. The Bertz CT molecular complexity index is 1210. The van der Waals surface area contributed by atoms with E-state index in [1.54, 1.807) is 19.3 Å². The zero-order chi connectivity index (χ0) is 22.7. The minimum Gasteiger partial charge on any atom is -0.495 e. The molecule has 1 N–H and O–H groups in total. The van der Waals surface area contributed by atoms with E-state index in [0.29, 0.717) is 11.4 Å². The summed E-state index contributed by atoms with van der Waals surface area (Å²) in [6, 6.07) is 15.8. The standard InChI is InChI=1S/C26H27N3O2/c1-16-10-11-24(31-6)23(12-16)28-26(30)22(15-27)14-21-13-19(4)29(20(21)5)25-17(2)8-7-9-18(25)3/h7-14H,1-6H3,(H,28,30)/b22-14+. The zero-order valence-electron chi connectivity index (χ0n) is 18.8. The van der Waals surface area contributed by atoms with Gasteiger partial charge in [0, 0.05) is 11.4 Å². The van der Waals surface area contributed by atoms with Crippen LogP contribution in [0, 0.1) is 45.9 Å². The molecule has 0 bridgehead atoms. The SMILES string of the molecule is COc1ccc(C)cc1NC(=O)/C(C#N)=C/c1cc(C)n(-c2c(C)cccc2C)c1C. The van der Waals surface area contributed by atoms with E-state index in [0.717, 1.165) is 28.2 Å². The summed E-state index contributed by atoms with van der Waals surface area (Å²) in [5.41, 5.74) is 7.87. The number of amides is 1. The normalized spacial score (nSPS) is 11.2. The first-order valence-electron chi connectivity index (χ1n) is 10.1. The first-order chi connectivity index (χ1) is 14.8. The van der Waals surface area contributed by atoms with Gasteiger partial charge in [-0.05, 0) is 81.1 Å². The van der Waals surface area contributed by atoms with E-state index in [1.165, 1.54) is 11.1 Å². The Balaban J connectivity index is 2.00. The topological polar surface area (TPSA) is 67.0 Å². The number of aromatic nitrogens is 1. The number of carbonyl (C=O) groups excluding carboxylic acids is 1. The smallest absolute Gasteiger partial charge is 0.266 e. The molecule has 5 nitrogen and oxygen atoms in total. The molecule has 3 aromatic rings. The van der Waals surface area contributed by atoms with Crippen LogP contribution >= 0.6 is 0 Å². The third-order valence-corrected chi connectivity index (χ3v) is 5.40. The number of nitriles is 1. The maximum Gasteiger partial charge on any atom is 0.266 e. The Morgan fingerprint density at radius 3 is 2.35 bits per heavy atom. The number of para-hydroxylation sites is 1. The molecule has 0 aliphatic heterocycles. The average molecular weight is 414 g/mol. The highest BCUT2D eigenvalue weighted by Gasteiger charge is 2.17. The second-order valence-electron chi connectivity index (χ2n) is 7.73. The van der Waals surface area contributed by atoms with Crippen LogP contribution in [-0.4, -0.2) is 17.6 Å². The quantitative estimate of drug-likeness (QED) is 0.439. The van der Waals surface area contributed by atoms with Gasteiger partial charge in [-0.1, -0.05) is 24.3 Å². The lowest BCUT2D eigenvalue weighted by molar-refractivity contribution is -0.112. The van der Waals surface area contributed by atoms with E-state index in [9.17, 15) is 10.1 Å². The minimum absolute atomic E-state index is 0.0327. The lowest BCUT2D eigenvalue weighted by atomic mass is 10.1. The highest BCUT2D eigenvalue weighted by Crippen LogP contribution is 2.28. The van der Waals surface area contributed by atoms with Crippen molar-refractivity contribution < 1.29 is 9.53 Å². The summed E-state index contributed by atoms with van der Waals surface area (Å²) in [6.07, 6.45) is 1.64. The van der Waals surface area contributed by atoms with Gasteiger partial charge < -0.3 is 14.6 Å². The van der Waals surface area contributed by atoms with Gasteiger partial charge in [-0.3, -0.25) is 4.79 Å². The molecule has 0 radical (unpaired) electrons. The lowest BCUT2D eigenvalue weighted by Gasteiger charge is -2.15. The highest BCUT2D eigenvalue weighted by molar-refractivity contribution is 6.10. The fourth-order valence-electron chi connectivity index (χ4n) is 3.85. The number of nitrogens with one attached hydrogen (secondary N) is 1. The van der Waals surface area contributed by atoms with Crippen molar-refractivity contribution in [1.29, 1.82) is 5.26 Å². The van der Waals surface area contributed by atoms with E-state index in [4.69, 9.17) is 4.74 Å². The third-order valence-electron chi connectivity index (χ3n) is 5.40. The molecule has 0 unspecified atom stereocenters. The highest BCUT2D eigenvalue weighted by atomic mass is 16.5. The number of aryl methyl sites for hydroxylation is 4. The number of rotatable bonds is 5. The number of carbonyl (C=O) groups is 1. The number of methoxy groups -OCH3 is 1. The molecule has 0 saturated carbocycles. The van der Waals surface area contributed by atoms with Crippen molar-refractivity contribution in [3.8, 4) is 17.5 Å². The molecule has 0 saturated heterocycles. The van der Waals surface area contributed by atoms with Crippen LogP contribution in [0.2, 0.25) is 0 Å². The van der Waals surface area contributed by atoms with Gasteiger partial charge in [-0.15, -0.1) is 0 Å². The second kappa shape index (κ2) is 8.93. The molecule has 158 valence electrons. The summed E-state index contributed by atoms with van der Waals surface area (Å²) in [5, 5.41) is 12.5. The van der Waals surface area contributed by atoms with Crippen molar-refractivity contribution in [2.45, 2.75) is 34.6 Å². The van der Waals surface area contributed by atoms with E-state index >= 15 is 0 Å². The van der Waals surface area contributed by atoms with E-state index < -0.39 is 5.91 Å². The summed E-state index contributed by atoms with van der Waals surface area (Å²) < 4.78 is 7.50. The van der Waals surface area contributed by atoms with Gasteiger partial charge in [0.2, 0.25) is 0 Å². The van der Waals surface area contributed by atoms with Gasteiger partial charge >= 0.3 is 0 Å². The molecule has 1 amide bonds. The summed E-state index contributed by atoms with van der Waals surface area (Å²) in [6.45, 7) is 10.1. The fourth-order valence-corrected chi connectivity index (χ4v) is 3.85. The van der Waals surface area contributed by atoms with Gasteiger partial charge in [0.15, 0.2) is 0 Å². The number of hydrogen-bond acceptors (Lipinski definition) is 3. The second-order valence-corrected chi connectivity index (χ2v) is 7.73. The largest absolute Gasteiger partial charge is 0.495 e. The van der Waals surface area contributed by atoms with Gasteiger partial charge in [-0.25, -0.2) is 0 Å². The van der Waals surface area contributed by atoms with Gasteiger partial charge in [0.1, 0.15) is 17.4 Å². The van der Waals surface area contributed by atoms with E-state index in [-0.39, 0.29) is 5.57 Å². The Kier molecular flexibility index (Phi) is 6.31. The Labute approximate surface area is 183 Å². The van der Waals surface area contributed by atoms with Crippen molar-refractivity contribution in [3.63, 3.8) is 0 Å². The number of benzene rings is 2. The summed E-state index contributed by atoms with van der Waals surface area (Å²) in [7, 11) is 1.55. The van der Waals surface area contributed by atoms with Crippen molar-refractivity contribution in [3.05, 3.63) is 81.7 Å². The van der Waals surface area contributed by atoms with Crippen molar-refractivity contribution in [2.75, 3.05) is 12.4 Å². The number of ether oxygens (including phenoxy) is 1.